The highest BCUT2D eigenvalue weighted by Crippen LogP contribution is 2.22. The number of hydrogen-bond donors (Lipinski definition) is 2. The van der Waals surface area contributed by atoms with Gasteiger partial charge in [-0.25, -0.2) is 13.4 Å². The first-order chi connectivity index (χ1) is 8.51. The molecule has 1 aromatic carbocycles. The number of aromatic nitrogens is 1. The predicted octanol–water partition coefficient (Wildman–Crippen LogP) is 2.09. The third-order valence-electron chi connectivity index (χ3n) is 2.31. The summed E-state index contributed by atoms with van der Waals surface area (Å²) in [7, 11) is -3.58. The molecule has 0 saturated carbocycles. The monoisotopic (exact) mass is 283 g/mol. The van der Waals surface area contributed by atoms with Crippen LogP contribution in [0.4, 0.5) is 10.8 Å². The molecule has 0 unspecified atom stereocenters. The van der Waals surface area contributed by atoms with Crippen LogP contribution in [0.15, 0.2) is 35.4 Å². The number of hydrogen-bond acceptors (Lipinski definition) is 5. The first-order valence-corrected chi connectivity index (χ1v) is 7.64. The van der Waals surface area contributed by atoms with Crippen LogP contribution in [0.25, 0.3) is 0 Å². The Bertz CT molecular complexity index is 633. The number of sulfonamides is 1. The molecule has 7 heteroatoms. The molecule has 1 heterocycles. The second kappa shape index (κ2) is 4.95. The van der Waals surface area contributed by atoms with Crippen molar-refractivity contribution < 1.29 is 8.42 Å². The average Bonchev–Trinajstić information content (AvgIpc) is 2.76. The third kappa shape index (κ3) is 2.80. The first kappa shape index (κ1) is 12.8. The van der Waals surface area contributed by atoms with Crippen LogP contribution in [0, 0.1) is 0 Å². The summed E-state index contributed by atoms with van der Waals surface area (Å²) < 4.78 is 26.5. The van der Waals surface area contributed by atoms with Gasteiger partial charge in [0.05, 0.1) is 4.90 Å². The van der Waals surface area contributed by atoms with Crippen LogP contribution in [0.1, 0.15) is 11.8 Å². The van der Waals surface area contributed by atoms with Crippen molar-refractivity contribution in [1.29, 1.82) is 0 Å². The summed E-state index contributed by atoms with van der Waals surface area (Å²) in [5.74, 6) is 0. The van der Waals surface area contributed by atoms with Gasteiger partial charge < -0.3 is 5.73 Å². The average molecular weight is 283 g/mol. The molecule has 96 valence electrons. The quantitative estimate of drug-likeness (QED) is 0.841. The van der Waals surface area contributed by atoms with Crippen LogP contribution in [-0.4, -0.2) is 13.4 Å². The van der Waals surface area contributed by atoms with Crippen LogP contribution in [0.2, 0.25) is 0 Å². The van der Waals surface area contributed by atoms with Gasteiger partial charge in [0.2, 0.25) is 0 Å². The van der Waals surface area contributed by atoms with Crippen LogP contribution in [-0.2, 0) is 16.4 Å². The summed E-state index contributed by atoms with van der Waals surface area (Å²) >= 11 is 1.33. The fourth-order valence-electron chi connectivity index (χ4n) is 1.34. The number of nitrogen functional groups attached to an aromatic ring is 1. The van der Waals surface area contributed by atoms with E-state index in [4.69, 9.17) is 5.73 Å². The number of nitrogens with two attached hydrogens (primary N) is 1. The smallest absolute Gasteiger partial charge is 0.263 e. The summed E-state index contributed by atoms with van der Waals surface area (Å²) in [5, 5.41) is 0.378. The van der Waals surface area contributed by atoms with Gasteiger partial charge >= 0.3 is 0 Å². The number of nitrogens with zero attached hydrogens (tertiary/aromatic N) is 1. The number of aryl methyl sites for hydroxylation is 1. The van der Waals surface area contributed by atoms with E-state index >= 15 is 0 Å². The lowest BCUT2D eigenvalue weighted by Crippen LogP contribution is -2.12. The second-order valence-corrected chi connectivity index (χ2v) is 6.46. The van der Waals surface area contributed by atoms with Crippen molar-refractivity contribution in [1.82, 2.24) is 4.98 Å². The molecule has 0 saturated heterocycles. The van der Waals surface area contributed by atoms with Gasteiger partial charge in [-0.05, 0) is 30.7 Å². The zero-order valence-corrected chi connectivity index (χ0v) is 11.4. The van der Waals surface area contributed by atoms with Crippen LogP contribution in [0.5, 0.6) is 0 Å². The molecular weight excluding hydrogens is 270 g/mol. The lowest BCUT2D eigenvalue weighted by Gasteiger charge is -2.04. The minimum absolute atomic E-state index is 0.171. The lowest BCUT2D eigenvalue weighted by atomic mass is 10.3. The Kier molecular flexibility index (Phi) is 3.53. The molecular formula is C11H13N3O2S2. The molecule has 1 aromatic heterocycles. The Morgan fingerprint density at radius 2 is 2.00 bits per heavy atom. The van der Waals surface area contributed by atoms with Gasteiger partial charge in [-0.3, -0.25) is 4.72 Å². The largest absolute Gasteiger partial charge is 0.399 e. The maximum Gasteiger partial charge on any atom is 0.263 e. The molecule has 0 bridgehead atoms. The van der Waals surface area contributed by atoms with Crippen LogP contribution in [0.3, 0.4) is 0 Å². The Hall–Kier alpha value is -1.60. The number of thiazole rings is 1. The van der Waals surface area contributed by atoms with E-state index in [0.29, 0.717) is 10.8 Å². The molecule has 0 aliphatic heterocycles. The van der Waals surface area contributed by atoms with Gasteiger partial charge in [0.15, 0.2) is 5.13 Å². The summed E-state index contributed by atoms with van der Waals surface area (Å²) in [4.78, 5) is 5.22. The van der Waals surface area contributed by atoms with E-state index in [1.165, 1.54) is 23.5 Å². The molecule has 18 heavy (non-hydrogen) atoms. The van der Waals surface area contributed by atoms with Crippen molar-refractivity contribution in [3.8, 4) is 0 Å². The molecule has 2 rings (SSSR count). The molecule has 5 nitrogen and oxygen atoms in total. The van der Waals surface area contributed by atoms with Crippen molar-refractivity contribution in [2.24, 2.45) is 0 Å². The minimum Gasteiger partial charge on any atom is -0.399 e. The zero-order valence-electron chi connectivity index (χ0n) is 9.75. The van der Waals surface area contributed by atoms with Crippen molar-refractivity contribution in [2.45, 2.75) is 18.2 Å². The van der Waals surface area contributed by atoms with Crippen molar-refractivity contribution >= 4 is 32.2 Å². The van der Waals surface area contributed by atoms with Gasteiger partial charge in [0.1, 0.15) is 0 Å². The summed E-state index contributed by atoms with van der Waals surface area (Å²) in [6, 6.07) is 6.03. The SMILES string of the molecule is CCc1cnc(NS(=O)(=O)c2ccc(N)cc2)s1. The van der Waals surface area contributed by atoms with E-state index in [1.807, 2.05) is 6.92 Å². The highest BCUT2D eigenvalue weighted by molar-refractivity contribution is 7.93. The molecule has 3 N–H and O–H groups in total. The van der Waals surface area contributed by atoms with Crippen molar-refractivity contribution in [3.63, 3.8) is 0 Å². The van der Waals surface area contributed by atoms with E-state index in [9.17, 15) is 8.42 Å². The van der Waals surface area contributed by atoms with Gasteiger partial charge in [0, 0.05) is 16.8 Å². The minimum atomic E-state index is -3.58. The number of rotatable bonds is 4. The van der Waals surface area contributed by atoms with Gasteiger partial charge in [-0.1, -0.05) is 6.92 Å². The first-order valence-electron chi connectivity index (χ1n) is 5.34. The summed E-state index contributed by atoms with van der Waals surface area (Å²) in [6.07, 6.45) is 2.51. The lowest BCUT2D eigenvalue weighted by molar-refractivity contribution is 0.601. The van der Waals surface area contributed by atoms with E-state index in [1.54, 1.807) is 18.3 Å². The third-order valence-corrected chi connectivity index (χ3v) is 4.86. The fraction of sp³-hybridized carbons (Fsp3) is 0.182. The van der Waals surface area contributed by atoms with E-state index in [-0.39, 0.29) is 4.90 Å². The molecule has 0 amide bonds. The van der Waals surface area contributed by atoms with Crippen LogP contribution >= 0.6 is 11.3 Å². The van der Waals surface area contributed by atoms with Crippen molar-refractivity contribution in [3.05, 3.63) is 35.3 Å². The number of benzene rings is 1. The Labute approximate surface area is 110 Å². The summed E-state index contributed by atoms with van der Waals surface area (Å²) in [5.41, 5.74) is 6.04. The second-order valence-electron chi connectivity index (χ2n) is 3.66. The molecule has 0 aliphatic carbocycles. The van der Waals surface area contributed by atoms with E-state index in [2.05, 4.69) is 9.71 Å². The fourth-order valence-corrected chi connectivity index (χ4v) is 3.33. The maximum atomic E-state index is 12.0. The molecule has 0 fully saturated rings. The van der Waals surface area contributed by atoms with E-state index < -0.39 is 10.0 Å². The summed E-state index contributed by atoms with van der Waals surface area (Å²) in [6.45, 7) is 1.99. The molecule has 0 aliphatic rings. The van der Waals surface area contributed by atoms with Gasteiger partial charge in [-0.15, -0.1) is 11.3 Å². The topological polar surface area (TPSA) is 85.1 Å². The van der Waals surface area contributed by atoms with Crippen molar-refractivity contribution in [2.75, 3.05) is 10.5 Å². The number of nitrogens with one attached hydrogen (secondary N) is 1. The number of anilines is 2. The predicted molar refractivity (Wildman–Crippen MR) is 73.2 cm³/mol. The highest BCUT2D eigenvalue weighted by atomic mass is 32.2. The normalized spacial score (nSPS) is 11.4. The molecule has 0 spiro atoms. The Morgan fingerprint density at radius 3 is 2.56 bits per heavy atom. The van der Waals surface area contributed by atoms with Gasteiger partial charge in [0.25, 0.3) is 10.0 Å². The Morgan fingerprint density at radius 1 is 1.33 bits per heavy atom. The zero-order chi connectivity index (χ0) is 13.2. The van der Waals surface area contributed by atoms with Gasteiger partial charge in [-0.2, -0.15) is 0 Å². The molecule has 0 radical (unpaired) electrons. The molecule has 2 aromatic rings. The van der Waals surface area contributed by atoms with Crippen LogP contribution < -0.4 is 10.5 Å². The van der Waals surface area contributed by atoms with E-state index in [0.717, 1.165) is 11.3 Å². The highest BCUT2D eigenvalue weighted by Gasteiger charge is 2.15. The Balaban J connectivity index is 2.24. The maximum absolute atomic E-state index is 12.0. The molecule has 0 atom stereocenters. The standard InChI is InChI=1S/C11H13N3O2S2/c1-2-9-7-13-11(17-9)14-18(15,16)10-5-3-8(12)4-6-10/h3-7H,2,12H2,1H3,(H,13,14).